The smallest absolute Gasteiger partial charge is 0.329 e. The number of hydrogen-bond donors (Lipinski definition) is 1. The van der Waals surface area contributed by atoms with Gasteiger partial charge in [-0.1, -0.05) is 62.3 Å². The summed E-state index contributed by atoms with van der Waals surface area (Å²) >= 11 is 0. The molecule has 0 fully saturated rings. The highest BCUT2D eigenvalue weighted by molar-refractivity contribution is 5.68. The highest BCUT2D eigenvalue weighted by Crippen LogP contribution is 2.30. The summed E-state index contributed by atoms with van der Waals surface area (Å²) in [6, 6.07) is 14.5. The molecule has 8 heteroatoms. The number of fused-ring (bicyclic) bond motifs is 2. The molecule has 37 heavy (non-hydrogen) atoms. The van der Waals surface area contributed by atoms with Gasteiger partial charge in [-0.25, -0.2) is 4.79 Å². The van der Waals surface area contributed by atoms with E-state index in [4.69, 9.17) is 28.4 Å². The maximum absolute atomic E-state index is 11.5. The maximum atomic E-state index is 11.5. The van der Waals surface area contributed by atoms with Gasteiger partial charge in [-0.2, -0.15) is 0 Å². The second-order valence-corrected chi connectivity index (χ2v) is 8.57. The van der Waals surface area contributed by atoms with Gasteiger partial charge in [0.05, 0.1) is 13.2 Å². The summed E-state index contributed by atoms with van der Waals surface area (Å²) in [4.78, 5) is 11.5. The summed E-state index contributed by atoms with van der Waals surface area (Å²) in [7, 11) is 0. The third kappa shape index (κ3) is 9.87. The van der Waals surface area contributed by atoms with Crippen LogP contribution in [0.1, 0.15) is 39.0 Å². The molecule has 0 atom stereocenters. The monoisotopic (exact) mass is 512 g/mol. The summed E-state index contributed by atoms with van der Waals surface area (Å²) in [6.45, 7) is 2.89. The molecule has 0 spiro atoms. The molecule has 0 saturated carbocycles. The van der Waals surface area contributed by atoms with Crippen molar-refractivity contribution in [1.29, 1.82) is 0 Å². The minimum Gasteiger partial charge on any atom is -0.487 e. The van der Waals surface area contributed by atoms with Gasteiger partial charge in [0.25, 0.3) is 0 Å². The summed E-state index contributed by atoms with van der Waals surface area (Å²) in [5.41, 5.74) is -1.34. The van der Waals surface area contributed by atoms with Crippen molar-refractivity contribution in [2.75, 3.05) is 46.2 Å². The Kier molecular flexibility index (Phi) is 11.9. The topological polar surface area (TPSA) is 92.7 Å². The Morgan fingerprint density at radius 3 is 1.89 bits per heavy atom. The van der Waals surface area contributed by atoms with Crippen molar-refractivity contribution in [2.45, 2.75) is 44.6 Å². The van der Waals surface area contributed by atoms with Gasteiger partial charge in [0.1, 0.15) is 33.0 Å². The van der Waals surface area contributed by atoms with Gasteiger partial charge < -0.3 is 33.5 Å². The minimum atomic E-state index is -1.34. The van der Waals surface area contributed by atoms with Gasteiger partial charge in [0, 0.05) is 6.42 Å². The van der Waals surface area contributed by atoms with Crippen LogP contribution >= 0.6 is 0 Å². The van der Waals surface area contributed by atoms with Crippen molar-refractivity contribution in [2.24, 2.45) is 0 Å². The molecule has 8 nitrogen and oxygen atoms in total. The van der Waals surface area contributed by atoms with Gasteiger partial charge in [0.15, 0.2) is 28.6 Å². The van der Waals surface area contributed by atoms with Crippen molar-refractivity contribution in [3.63, 3.8) is 0 Å². The number of benzene rings is 2. The SMILES string of the molecule is CCCCCCC#CC1(OCC(=O)O)COc2ccccc2OCCOCCOc2ccccc2OC1. The van der Waals surface area contributed by atoms with Crippen LogP contribution in [0.25, 0.3) is 0 Å². The first-order chi connectivity index (χ1) is 18.1. The van der Waals surface area contributed by atoms with E-state index in [1.807, 2.05) is 24.3 Å². The Balaban J connectivity index is 1.90. The molecule has 1 aliphatic rings. The normalized spacial score (nSPS) is 15.7. The average Bonchev–Trinajstić information content (AvgIpc) is 2.91. The number of aliphatic carboxylic acids is 1. The van der Waals surface area contributed by atoms with Crippen LogP contribution in [0.15, 0.2) is 48.5 Å². The van der Waals surface area contributed by atoms with Gasteiger partial charge in [-0.3, -0.25) is 0 Å². The van der Waals surface area contributed by atoms with E-state index in [-0.39, 0.29) is 13.2 Å². The molecule has 0 amide bonds. The number of carbonyl (C=O) groups is 1. The zero-order valence-corrected chi connectivity index (χ0v) is 21.4. The molecule has 2 aromatic rings. The quantitative estimate of drug-likeness (QED) is 0.420. The fourth-order valence-electron chi connectivity index (χ4n) is 3.59. The number of para-hydroxylation sites is 4. The second-order valence-electron chi connectivity index (χ2n) is 8.57. The van der Waals surface area contributed by atoms with Crippen LogP contribution < -0.4 is 18.9 Å². The highest BCUT2D eigenvalue weighted by atomic mass is 16.6. The van der Waals surface area contributed by atoms with Crippen molar-refractivity contribution in [3.05, 3.63) is 48.5 Å². The lowest BCUT2D eigenvalue weighted by molar-refractivity contribution is -0.149. The molecule has 2 aromatic carbocycles. The zero-order chi connectivity index (χ0) is 26.2. The maximum Gasteiger partial charge on any atom is 0.329 e. The molecule has 0 unspecified atom stereocenters. The van der Waals surface area contributed by atoms with E-state index in [1.165, 1.54) is 0 Å². The second kappa shape index (κ2) is 15.6. The molecule has 200 valence electrons. The van der Waals surface area contributed by atoms with Gasteiger partial charge in [-0.15, -0.1) is 0 Å². The van der Waals surface area contributed by atoms with Crippen molar-refractivity contribution < 1.29 is 38.3 Å². The van der Waals surface area contributed by atoms with Gasteiger partial charge in [-0.05, 0) is 30.7 Å². The van der Waals surface area contributed by atoms with Crippen LogP contribution in [0.4, 0.5) is 0 Å². The Morgan fingerprint density at radius 2 is 1.38 bits per heavy atom. The van der Waals surface area contributed by atoms with Crippen LogP contribution in [0.2, 0.25) is 0 Å². The van der Waals surface area contributed by atoms with Crippen LogP contribution in [0.5, 0.6) is 23.0 Å². The Hall–Kier alpha value is -3.41. The molecule has 0 aromatic heterocycles. The molecule has 0 aliphatic carbocycles. The van der Waals surface area contributed by atoms with Crippen LogP contribution in [0, 0.1) is 11.8 Å². The number of carboxylic acid groups (broad SMARTS) is 1. The summed E-state index contributed by atoms with van der Waals surface area (Å²) in [5, 5.41) is 9.37. The Morgan fingerprint density at radius 1 is 0.838 bits per heavy atom. The lowest BCUT2D eigenvalue weighted by Crippen LogP contribution is -2.45. The lowest BCUT2D eigenvalue weighted by Gasteiger charge is -2.29. The van der Waals surface area contributed by atoms with Crippen molar-refractivity contribution >= 4 is 5.97 Å². The number of unbranched alkanes of at least 4 members (excludes halogenated alkanes) is 4. The molecule has 1 heterocycles. The van der Waals surface area contributed by atoms with Crippen LogP contribution in [0.3, 0.4) is 0 Å². The third-order valence-corrected chi connectivity index (χ3v) is 5.53. The Bertz CT molecular complexity index is 970. The summed E-state index contributed by atoms with van der Waals surface area (Å²) in [5.74, 6) is 7.28. The number of hydrogen-bond acceptors (Lipinski definition) is 7. The zero-order valence-electron chi connectivity index (χ0n) is 21.4. The van der Waals surface area contributed by atoms with E-state index in [1.54, 1.807) is 24.3 Å². The van der Waals surface area contributed by atoms with Crippen molar-refractivity contribution in [3.8, 4) is 34.8 Å². The molecule has 0 saturated heterocycles. The predicted octanol–water partition coefficient (Wildman–Crippen LogP) is 4.75. The Labute approximate surface area is 218 Å². The van der Waals surface area contributed by atoms with E-state index in [0.717, 1.165) is 25.7 Å². The van der Waals surface area contributed by atoms with Crippen LogP contribution in [-0.2, 0) is 14.3 Å². The number of ether oxygens (including phenoxy) is 6. The molecule has 1 N–H and O–H groups in total. The third-order valence-electron chi connectivity index (χ3n) is 5.53. The van der Waals surface area contributed by atoms with E-state index in [9.17, 15) is 9.90 Å². The number of carboxylic acids is 1. The standard InChI is InChI=1S/C29H36O8/c1-2-3-4-5-6-11-16-29(37-21-28(30)31)22-35-26-14-9-7-12-24(26)33-19-17-32-18-20-34-25-13-8-10-15-27(25)36-23-29/h7-10,12-15H,2-6,17-23H2,1H3,(H,30,31). The van der Waals surface area contributed by atoms with E-state index >= 15 is 0 Å². The fourth-order valence-corrected chi connectivity index (χ4v) is 3.59. The molecule has 0 bridgehead atoms. The largest absolute Gasteiger partial charge is 0.487 e. The van der Waals surface area contributed by atoms with E-state index in [2.05, 4.69) is 18.8 Å². The van der Waals surface area contributed by atoms with Crippen molar-refractivity contribution in [1.82, 2.24) is 0 Å². The first-order valence-corrected chi connectivity index (χ1v) is 12.7. The van der Waals surface area contributed by atoms with E-state index in [0.29, 0.717) is 55.8 Å². The fraction of sp³-hybridized carbons (Fsp3) is 0.483. The first-order valence-electron chi connectivity index (χ1n) is 12.7. The van der Waals surface area contributed by atoms with E-state index < -0.39 is 18.2 Å². The first kappa shape index (κ1) is 28.2. The molecular weight excluding hydrogens is 476 g/mol. The molecule has 1 aliphatic heterocycles. The molecule has 0 radical (unpaired) electrons. The molecular formula is C29H36O8. The predicted molar refractivity (Wildman–Crippen MR) is 139 cm³/mol. The highest BCUT2D eigenvalue weighted by Gasteiger charge is 2.34. The van der Waals surface area contributed by atoms with Gasteiger partial charge >= 0.3 is 5.97 Å². The average molecular weight is 513 g/mol. The summed E-state index contributed by atoms with van der Waals surface area (Å²) < 4.78 is 35.4. The molecule has 3 rings (SSSR count). The lowest BCUT2D eigenvalue weighted by atomic mass is 10.1. The minimum absolute atomic E-state index is 0.0673. The summed E-state index contributed by atoms with van der Waals surface area (Å²) in [6.07, 6.45) is 4.98. The number of rotatable bonds is 7. The van der Waals surface area contributed by atoms with Gasteiger partial charge in [0.2, 0.25) is 0 Å². The van der Waals surface area contributed by atoms with Crippen LogP contribution in [-0.4, -0.2) is 62.9 Å².